The van der Waals surface area contributed by atoms with Crippen LogP contribution in [0.2, 0.25) is 0 Å². The number of hydrogen-bond acceptors (Lipinski definition) is 15. The van der Waals surface area contributed by atoms with Crippen LogP contribution in [-0.2, 0) is 35.3 Å². The average Bonchev–Trinajstić information content (AvgIpc) is 3.55. The molecule has 16 nitrogen and oxygen atoms in total. The molecule has 0 spiro atoms. The molecule has 4 N–H and O–H groups in total. The second-order valence-electron chi connectivity index (χ2n) is 10.2. The lowest BCUT2D eigenvalue weighted by atomic mass is 9.89. The lowest BCUT2D eigenvalue weighted by Crippen LogP contribution is -2.74. The largest absolute Gasteiger partial charge is 0.481 e. The summed E-state index contributed by atoms with van der Waals surface area (Å²) < 4.78 is 6.54. The van der Waals surface area contributed by atoms with Gasteiger partial charge >= 0.3 is 11.9 Å². The van der Waals surface area contributed by atoms with Crippen LogP contribution in [0, 0.1) is 17.8 Å². The highest BCUT2D eigenvalue weighted by molar-refractivity contribution is 8.00. The van der Waals surface area contributed by atoms with Crippen molar-refractivity contribution in [2.75, 3.05) is 30.4 Å². The quantitative estimate of drug-likeness (QED) is 0.0720. The monoisotopic (exact) mass is 673 g/mol. The number of amides is 2. The number of carbonyl (C=O) groups is 4. The highest BCUT2D eigenvalue weighted by atomic mass is 35.5. The van der Waals surface area contributed by atoms with E-state index in [0.717, 1.165) is 23.1 Å². The van der Waals surface area contributed by atoms with Crippen LogP contribution >= 0.6 is 47.3 Å². The van der Waals surface area contributed by atoms with Gasteiger partial charge in [-0.3, -0.25) is 14.4 Å². The van der Waals surface area contributed by atoms with Crippen molar-refractivity contribution in [3.63, 3.8) is 0 Å². The number of fused-ring (bicyclic) bond motifs is 1. The molecule has 2 aliphatic heterocycles. The normalized spacial score (nSPS) is 21.5. The first-order chi connectivity index (χ1) is 19.8. The highest BCUT2D eigenvalue weighted by Gasteiger charge is 2.57. The molecule has 3 atom stereocenters. The third-order valence-corrected chi connectivity index (χ3v) is 9.35. The molecular weight excluding hydrogens is 646 g/mol. The zero-order chi connectivity index (χ0) is 30.7. The summed E-state index contributed by atoms with van der Waals surface area (Å²) in [7, 11) is 0. The molecule has 0 radical (unpaired) electrons. The lowest BCUT2D eigenvalue weighted by molar-refractivity contribution is -0.160. The average molecular weight is 674 g/mol. The Bertz CT molecular complexity index is 1450. The van der Waals surface area contributed by atoms with Crippen molar-refractivity contribution in [3.05, 3.63) is 11.1 Å². The molecule has 20 heteroatoms. The van der Waals surface area contributed by atoms with Gasteiger partial charge in [-0.15, -0.1) is 47.0 Å². The van der Waals surface area contributed by atoms with Crippen LogP contribution in [0.5, 0.6) is 0 Å². The number of carboxylic acid groups (broad SMARTS) is 1. The number of hydrogen-bond donors (Lipinski definition) is 3. The lowest BCUT2D eigenvalue weighted by Gasteiger charge is -2.53. The smallest absolute Gasteiger partial charge is 0.347 e. The first kappa shape index (κ1) is 33.9. The number of anilines is 1. The van der Waals surface area contributed by atoms with Gasteiger partial charge in [-0.05, 0) is 31.2 Å². The minimum atomic E-state index is -1.29. The maximum Gasteiger partial charge on any atom is 0.347 e. The van der Waals surface area contributed by atoms with Crippen molar-refractivity contribution in [1.29, 1.82) is 0 Å². The van der Waals surface area contributed by atoms with Gasteiger partial charge in [0, 0.05) is 23.4 Å². The van der Waals surface area contributed by atoms with E-state index in [4.69, 9.17) is 21.7 Å². The van der Waals surface area contributed by atoms with Gasteiger partial charge < -0.3 is 30.6 Å². The van der Waals surface area contributed by atoms with Crippen molar-refractivity contribution in [2.24, 2.45) is 10.6 Å². The molecule has 0 saturated carbocycles. The van der Waals surface area contributed by atoms with E-state index in [2.05, 4.69) is 36.9 Å². The number of thioether (sulfide) groups is 2. The number of ether oxygens (including phenoxy) is 1. The maximum absolute atomic E-state index is 13.2. The molecule has 4 rings (SSSR count). The van der Waals surface area contributed by atoms with Crippen LogP contribution in [0.4, 0.5) is 5.13 Å². The number of terminal acetylenes is 1. The van der Waals surface area contributed by atoms with E-state index in [9.17, 15) is 24.3 Å². The summed E-state index contributed by atoms with van der Waals surface area (Å²) in [5.74, 6) is -0.335. The molecule has 2 fully saturated rings. The number of nitrogens with zero attached hydrogens (tertiary/aromatic N) is 7. The number of halogens is 1. The van der Waals surface area contributed by atoms with Gasteiger partial charge in [0.15, 0.2) is 10.8 Å². The zero-order valence-corrected chi connectivity index (χ0v) is 26.3. The fourth-order valence-corrected chi connectivity index (χ4v) is 7.21. The molecule has 2 aliphatic rings. The second-order valence-corrected chi connectivity index (χ2v) is 13.1. The molecule has 2 amide bonds. The van der Waals surface area contributed by atoms with E-state index in [-0.39, 0.29) is 53.5 Å². The van der Waals surface area contributed by atoms with Crippen LogP contribution in [0.15, 0.2) is 15.7 Å². The Morgan fingerprint density at radius 1 is 1.40 bits per heavy atom. The summed E-state index contributed by atoms with van der Waals surface area (Å²) >= 11 is 3.43. The minimum Gasteiger partial charge on any atom is -0.481 e. The number of tetrazole rings is 1. The highest BCUT2D eigenvalue weighted by Crippen LogP contribution is 2.44. The van der Waals surface area contributed by atoms with E-state index >= 15 is 0 Å². The number of rotatable bonds is 11. The number of aliphatic carboxylic acids is 1. The Kier molecular flexibility index (Phi) is 10.9. The molecule has 2 aromatic rings. The number of oxime groups is 1. The Morgan fingerprint density at radius 3 is 2.77 bits per heavy atom. The van der Waals surface area contributed by atoms with Gasteiger partial charge in [-0.1, -0.05) is 22.8 Å². The molecule has 2 aromatic heterocycles. The second kappa shape index (κ2) is 13.8. The molecule has 0 aromatic carbocycles. The number of nitrogens with one attached hydrogen (secondary N) is 1. The van der Waals surface area contributed by atoms with Crippen LogP contribution in [-0.4, -0.2) is 106 Å². The number of carbonyl (C=O) groups excluding carboxylic acids is 3. The van der Waals surface area contributed by atoms with Gasteiger partial charge in [0.1, 0.15) is 34.7 Å². The molecule has 43 heavy (non-hydrogen) atoms. The van der Waals surface area contributed by atoms with Gasteiger partial charge in [0.2, 0.25) is 17.7 Å². The Balaban J connectivity index is 0.00000506. The maximum atomic E-state index is 13.2. The van der Waals surface area contributed by atoms with E-state index < -0.39 is 52.8 Å². The Labute approximate surface area is 264 Å². The van der Waals surface area contributed by atoms with Crippen molar-refractivity contribution < 1.29 is 33.9 Å². The van der Waals surface area contributed by atoms with Gasteiger partial charge in [-0.25, -0.2) is 14.5 Å². The Morgan fingerprint density at radius 2 is 2.14 bits per heavy atom. The standard InChI is InChI=1S/C23H27N9O7S3.ClH/c1-5-6-32-21(27-29-30-32)42-11-23(19(36)37)9-31-17(35)15(18(31)41-10-23)26-16(34)14(12-8-40-20(24)25-12)28-38-7-13(33)39-22(2,3)4;/h1,8,15,18H,6-7,9-11H2,2-4H3,(H2,24,25)(H,26,34)(H,36,37);1H/t15?,18-,23?;/m1./s1. The van der Waals surface area contributed by atoms with Crippen LogP contribution in [0.3, 0.4) is 0 Å². The van der Waals surface area contributed by atoms with Crippen LogP contribution < -0.4 is 11.1 Å². The fourth-order valence-electron chi connectivity index (χ4n) is 3.93. The number of nitrogen functional groups attached to an aromatic ring is 1. The summed E-state index contributed by atoms with van der Waals surface area (Å²) in [6.07, 6.45) is 5.33. The molecular formula is C23H28ClN9O7S3. The molecule has 4 heterocycles. The number of esters is 1. The van der Waals surface area contributed by atoms with Crippen molar-refractivity contribution >= 4 is 81.9 Å². The first-order valence-electron chi connectivity index (χ1n) is 12.3. The zero-order valence-electron chi connectivity index (χ0n) is 23.1. The van der Waals surface area contributed by atoms with E-state index in [1.54, 1.807) is 20.8 Å². The summed E-state index contributed by atoms with van der Waals surface area (Å²) in [4.78, 5) is 61.2. The topological polar surface area (TPSA) is 217 Å². The van der Waals surface area contributed by atoms with Crippen LogP contribution in [0.25, 0.3) is 0 Å². The van der Waals surface area contributed by atoms with Crippen molar-refractivity contribution in [2.45, 2.75) is 49.5 Å². The number of carboxylic acids is 1. The van der Waals surface area contributed by atoms with Crippen LogP contribution in [0.1, 0.15) is 26.5 Å². The number of thiazole rings is 1. The van der Waals surface area contributed by atoms with E-state index in [1.165, 1.54) is 26.7 Å². The van der Waals surface area contributed by atoms with Gasteiger partial charge in [0.05, 0.1) is 0 Å². The first-order valence-corrected chi connectivity index (χ1v) is 15.2. The third kappa shape index (κ3) is 7.87. The predicted octanol–water partition coefficient (Wildman–Crippen LogP) is 0.0924. The van der Waals surface area contributed by atoms with Gasteiger partial charge in [-0.2, -0.15) is 0 Å². The SMILES string of the molecule is C#CCn1nnnc1SCC1(C(=O)O)CS[C@@H]2C(NC(=O)C(=NOCC(=O)OC(C)(C)C)c3csc(N)n3)C(=O)N2C1.Cl. The summed E-state index contributed by atoms with van der Waals surface area (Å²) in [5.41, 5.74) is 3.48. The molecule has 2 unspecified atom stereocenters. The number of nitrogens with two attached hydrogens (primary N) is 1. The number of β-lactam (4-membered cyclic amide) rings is 1. The Hall–Kier alpha value is -3.60. The molecule has 232 valence electrons. The van der Waals surface area contributed by atoms with Gasteiger partial charge in [0.25, 0.3) is 5.91 Å². The fraction of sp³-hybridized carbons (Fsp3) is 0.522. The van der Waals surface area contributed by atoms with E-state index in [0.29, 0.717) is 5.16 Å². The summed E-state index contributed by atoms with van der Waals surface area (Å²) in [5, 5.41) is 29.3. The van der Waals surface area contributed by atoms with Crippen molar-refractivity contribution in [3.8, 4) is 12.3 Å². The van der Waals surface area contributed by atoms with E-state index in [1.807, 2.05) is 0 Å². The summed E-state index contributed by atoms with van der Waals surface area (Å²) in [6, 6.07) is -0.947. The summed E-state index contributed by atoms with van der Waals surface area (Å²) in [6.45, 7) is 4.57. The third-order valence-electron chi connectivity index (χ3n) is 5.84. The number of aromatic nitrogens is 5. The molecule has 2 saturated heterocycles. The predicted molar refractivity (Wildman–Crippen MR) is 159 cm³/mol. The minimum absolute atomic E-state index is 0. The molecule has 0 bridgehead atoms. The molecule has 0 aliphatic carbocycles. The van der Waals surface area contributed by atoms with Crippen molar-refractivity contribution in [1.82, 2.24) is 35.4 Å².